The summed E-state index contributed by atoms with van der Waals surface area (Å²) >= 11 is 0. The molecule has 0 saturated carbocycles. The molecule has 0 unspecified atom stereocenters. The average Bonchev–Trinajstić information content (AvgIpc) is 2.01. The molecule has 0 atom stereocenters. The number of nitrogens with zero attached hydrogens (tertiary/aromatic N) is 1. The van der Waals surface area contributed by atoms with E-state index in [4.69, 9.17) is 5.26 Å². The molecule has 0 aliphatic heterocycles. The van der Waals surface area contributed by atoms with Gasteiger partial charge in [-0.2, -0.15) is 5.26 Å². The Morgan fingerprint density at radius 3 is 2.38 bits per heavy atom. The second-order valence-electron chi connectivity index (χ2n) is 4.05. The van der Waals surface area contributed by atoms with Crippen molar-refractivity contribution in [2.45, 2.75) is 26.2 Å². The minimum absolute atomic E-state index is 0.112. The highest BCUT2D eigenvalue weighted by Crippen LogP contribution is 2.25. The van der Waals surface area contributed by atoms with E-state index in [1.54, 1.807) is 6.07 Å². The Hall–Kier alpha value is -1.36. The van der Waals surface area contributed by atoms with Crippen LogP contribution in [-0.4, -0.2) is 0 Å². The first-order valence-electron chi connectivity index (χ1n) is 4.15. The van der Waals surface area contributed by atoms with Gasteiger partial charge in [-0.25, -0.2) is 4.39 Å². The highest BCUT2D eigenvalue weighted by atomic mass is 19.1. The van der Waals surface area contributed by atoms with Gasteiger partial charge in [-0.1, -0.05) is 26.8 Å². The van der Waals surface area contributed by atoms with Gasteiger partial charge >= 0.3 is 0 Å². The number of halogens is 1. The van der Waals surface area contributed by atoms with Crippen LogP contribution in [0.5, 0.6) is 0 Å². The molecule has 1 aromatic carbocycles. The smallest absolute Gasteiger partial charge is 0.124 e. The standard InChI is InChI=1S/C11H12FN/c1-11(2,3)10-5-4-9(12)6-8(10)7-13/h4-6H,1-3H3. The summed E-state index contributed by atoms with van der Waals surface area (Å²) in [5.41, 5.74) is 1.20. The van der Waals surface area contributed by atoms with Crippen molar-refractivity contribution in [3.8, 4) is 6.07 Å². The quantitative estimate of drug-likeness (QED) is 0.597. The predicted molar refractivity (Wildman–Crippen MR) is 49.8 cm³/mol. The van der Waals surface area contributed by atoms with Crippen LogP contribution in [0, 0.1) is 17.1 Å². The van der Waals surface area contributed by atoms with Gasteiger partial charge in [-0.05, 0) is 23.1 Å². The number of hydrogen-bond acceptors (Lipinski definition) is 1. The molecule has 2 heteroatoms. The summed E-state index contributed by atoms with van der Waals surface area (Å²) in [6, 6.07) is 6.35. The van der Waals surface area contributed by atoms with E-state index in [9.17, 15) is 4.39 Å². The molecule has 1 rings (SSSR count). The van der Waals surface area contributed by atoms with E-state index in [2.05, 4.69) is 0 Å². The molecule has 0 aliphatic rings. The van der Waals surface area contributed by atoms with Gasteiger partial charge in [0.2, 0.25) is 0 Å². The first kappa shape index (κ1) is 9.73. The van der Waals surface area contributed by atoms with Crippen LogP contribution >= 0.6 is 0 Å². The monoisotopic (exact) mass is 177 g/mol. The van der Waals surface area contributed by atoms with Crippen LogP contribution in [0.2, 0.25) is 0 Å². The lowest BCUT2D eigenvalue weighted by Gasteiger charge is -2.20. The first-order valence-corrected chi connectivity index (χ1v) is 4.15. The molecule has 0 amide bonds. The minimum atomic E-state index is -0.357. The maximum atomic E-state index is 12.8. The Balaban J connectivity index is 3.32. The molecule has 13 heavy (non-hydrogen) atoms. The average molecular weight is 177 g/mol. The third-order valence-electron chi connectivity index (χ3n) is 1.91. The molecule has 0 fully saturated rings. The first-order chi connectivity index (χ1) is 5.95. The number of benzene rings is 1. The molecule has 0 heterocycles. The lowest BCUT2D eigenvalue weighted by molar-refractivity contribution is 0.581. The van der Waals surface area contributed by atoms with Crippen molar-refractivity contribution in [1.82, 2.24) is 0 Å². The summed E-state index contributed by atoms with van der Waals surface area (Å²) in [7, 11) is 0. The molecule has 68 valence electrons. The SMILES string of the molecule is CC(C)(C)c1ccc(F)cc1C#N. The van der Waals surface area contributed by atoms with Crippen LogP contribution in [0.3, 0.4) is 0 Å². The normalized spacial score (nSPS) is 11.0. The maximum absolute atomic E-state index is 12.8. The van der Waals surface area contributed by atoms with Crippen molar-refractivity contribution >= 4 is 0 Å². The molecule has 0 radical (unpaired) electrons. The van der Waals surface area contributed by atoms with Crippen molar-refractivity contribution in [3.05, 3.63) is 35.1 Å². The second-order valence-corrected chi connectivity index (χ2v) is 4.05. The van der Waals surface area contributed by atoms with E-state index in [0.717, 1.165) is 5.56 Å². The van der Waals surface area contributed by atoms with Gasteiger partial charge in [0, 0.05) is 0 Å². The van der Waals surface area contributed by atoms with Gasteiger partial charge in [-0.3, -0.25) is 0 Å². The highest BCUT2D eigenvalue weighted by Gasteiger charge is 2.17. The third kappa shape index (κ3) is 2.06. The summed E-state index contributed by atoms with van der Waals surface area (Å²) in [5.74, 6) is -0.357. The van der Waals surface area contributed by atoms with Crippen molar-refractivity contribution in [2.24, 2.45) is 0 Å². The Labute approximate surface area is 77.8 Å². The zero-order valence-electron chi connectivity index (χ0n) is 8.06. The lowest BCUT2D eigenvalue weighted by atomic mass is 9.84. The minimum Gasteiger partial charge on any atom is -0.207 e. The number of rotatable bonds is 0. The van der Waals surface area contributed by atoms with Crippen LogP contribution < -0.4 is 0 Å². The predicted octanol–water partition coefficient (Wildman–Crippen LogP) is 2.99. The highest BCUT2D eigenvalue weighted by molar-refractivity contribution is 5.41. The zero-order chi connectivity index (χ0) is 10.1. The Morgan fingerprint density at radius 2 is 1.92 bits per heavy atom. The molecule has 0 N–H and O–H groups in total. The molecule has 1 aromatic rings. The van der Waals surface area contributed by atoms with Gasteiger partial charge < -0.3 is 0 Å². The fraction of sp³-hybridized carbons (Fsp3) is 0.364. The van der Waals surface area contributed by atoms with E-state index in [1.165, 1.54) is 12.1 Å². The fourth-order valence-electron chi connectivity index (χ4n) is 1.26. The van der Waals surface area contributed by atoms with Gasteiger partial charge in [0.25, 0.3) is 0 Å². The van der Waals surface area contributed by atoms with Gasteiger partial charge in [-0.15, -0.1) is 0 Å². The number of hydrogen-bond donors (Lipinski definition) is 0. The molecule has 0 spiro atoms. The molecular weight excluding hydrogens is 165 g/mol. The second kappa shape index (κ2) is 3.18. The summed E-state index contributed by atoms with van der Waals surface area (Å²) < 4.78 is 12.8. The Kier molecular flexibility index (Phi) is 2.38. The van der Waals surface area contributed by atoms with E-state index in [0.29, 0.717) is 5.56 Å². The molecular formula is C11H12FN. The van der Waals surface area contributed by atoms with E-state index < -0.39 is 0 Å². The van der Waals surface area contributed by atoms with Gasteiger partial charge in [0.1, 0.15) is 5.82 Å². The molecule has 0 saturated heterocycles. The molecule has 0 bridgehead atoms. The van der Waals surface area contributed by atoms with E-state index >= 15 is 0 Å². The van der Waals surface area contributed by atoms with Crippen LogP contribution in [0.4, 0.5) is 4.39 Å². The van der Waals surface area contributed by atoms with Gasteiger partial charge in [0.15, 0.2) is 0 Å². The van der Waals surface area contributed by atoms with Crippen molar-refractivity contribution in [2.75, 3.05) is 0 Å². The van der Waals surface area contributed by atoms with E-state index in [-0.39, 0.29) is 11.2 Å². The summed E-state index contributed by atoms with van der Waals surface area (Å²) in [5, 5.41) is 8.79. The van der Waals surface area contributed by atoms with Crippen molar-refractivity contribution in [1.29, 1.82) is 5.26 Å². The summed E-state index contributed by atoms with van der Waals surface area (Å²) in [6.07, 6.45) is 0. The number of nitriles is 1. The Bertz CT molecular complexity index is 355. The zero-order valence-corrected chi connectivity index (χ0v) is 8.06. The topological polar surface area (TPSA) is 23.8 Å². The van der Waals surface area contributed by atoms with Crippen molar-refractivity contribution < 1.29 is 4.39 Å². The largest absolute Gasteiger partial charge is 0.207 e. The maximum Gasteiger partial charge on any atom is 0.124 e. The molecule has 1 nitrogen and oxygen atoms in total. The summed E-state index contributed by atoms with van der Waals surface area (Å²) in [6.45, 7) is 6.00. The summed E-state index contributed by atoms with van der Waals surface area (Å²) in [4.78, 5) is 0. The molecule has 0 aliphatic carbocycles. The fourth-order valence-corrected chi connectivity index (χ4v) is 1.26. The lowest BCUT2D eigenvalue weighted by Crippen LogP contribution is -2.13. The third-order valence-corrected chi connectivity index (χ3v) is 1.91. The van der Waals surface area contributed by atoms with Crippen LogP contribution in [-0.2, 0) is 5.41 Å². The van der Waals surface area contributed by atoms with Gasteiger partial charge in [0.05, 0.1) is 11.6 Å². The van der Waals surface area contributed by atoms with Crippen LogP contribution in [0.25, 0.3) is 0 Å². The Morgan fingerprint density at radius 1 is 1.31 bits per heavy atom. The molecule has 0 aromatic heterocycles. The van der Waals surface area contributed by atoms with E-state index in [1.807, 2.05) is 26.8 Å². The van der Waals surface area contributed by atoms with Crippen molar-refractivity contribution in [3.63, 3.8) is 0 Å². The van der Waals surface area contributed by atoms with Crippen LogP contribution in [0.1, 0.15) is 31.9 Å². The van der Waals surface area contributed by atoms with Crippen LogP contribution in [0.15, 0.2) is 18.2 Å².